The van der Waals surface area contributed by atoms with Crippen molar-refractivity contribution in [3.8, 4) is 11.5 Å². The summed E-state index contributed by atoms with van der Waals surface area (Å²) in [5.74, 6) is -1.12. The molecule has 7 atom stereocenters. The molecule has 2 unspecified atom stereocenters. The van der Waals surface area contributed by atoms with Crippen LogP contribution in [0.1, 0.15) is 26.5 Å². The molecule has 1 saturated heterocycles. The highest BCUT2D eigenvalue weighted by molar-refractivity contribution is 7.34. The van der Waals surface area contributed by atoms with Crippen LogP contribution in [-0.4, -0.2) is 64.2 Å². The van der Waals surface area contributed by atoms with E-state index in [1.54, 1.807) is 0 Å². The van der Waals surface area contributed by atoms with Gasteiger partial charge in [-0.05, 0) is 23.8 Å². The van der Waals surface area contributed by atoms with Crippen LogP contribution >= 0.6 is 8.17 Å². The van der Waals surface area contributed by atoms with Crippen LogP contribution in [0.25, 0.3) is 0 Å². The summed E-state index contributed by atoms with van der Waals surface area (Å²) in [7, 11) is -3.11. The molecular weight excluding hydrogens is 538 g/mol. The molecule has 2 aromatic rings. The van der Waals surface area contributed by atoms with Crippen molar-refractivity contribution < 1.29 is 46.7 Å². The number of aliphatic hydroxyl groups is 1. The molecule has 1 aromatic carbocycles. The number of esters is 1. The maximum absolute atomic E-state index is 15.3. The molecular formula is C22H25F3N3O9P. The summed E-state index contributed by atoms with van der Waals surface area (Å²) >= 11 is 0. The Kier molecular flexibility index (Phi) is 9.66. The molecule has 0 saturated carbocycles. The van der Waals surface area contributed by atoms with Gasteiger partial charge in [-0.2, -0.15) is 0 Å². The number of para-hydroxylation sites is 2. The van der Waals surface area contributed by atoms with Crippen LogP contribution < -0.4 is 25.4 Å². The van der Waals surface area contributed by atoms with Crippen LogP contribution in [0.5, 0.6) is 11.5 Å². The van der Waals surface area contributed by atoms with Crippen LogP contribution in [0.4, 0.5) is 13.2 Å². The standard InChI is InChI=1S/C22H25F3N3O9P/c1-3-17(30)35-14(10-23)19(24)27-38(33)37-13-7-5-4-6-12(13)34-11-15-18(31)22(2,25)20(36-15)28-9-8-16(29)26-21(28)32/h4-9,14-15,18-20,31H,3,10-11H2,1-2H3,(H,26,29,32)/t14-,15+,18+,19?,20+,22+/m0/s1. The van der Waals surface area contributed by atoms with E-state index in [2.05, 4.69) is 9.48 Å². The maximum Gasteiger partial charge on any atom is 0.397 e. The monoisotopic (exact) mass is 563 g/mol. The van der Waals surface area contributed by atoms with Crippen LogP contribution in [0.3, 0.4) is 0 Å². The van der Waals surface area contributed by atoms with E-state index in [0.29, 0.717) is 0 Å². The number of benzene rings is 1. The topological polar surface area (TPSA) is 164 Å². The predicted octanol–water partition coefficient (Wildman–Crippen LogP) is 1.42. The zero-order chi connectivity index (χ0) is 28.0. The normalized spacial score (nSPS) is 25.0. The summed E-state index contributed by atoms with van der Waals surface area (Å²) in [6, 6.07) is 6.61. The predicted molar refractivity (Wildman–Crippen MR) is 124 cm³/mol. The third-order valence-electron chi connectivity index (χ3n) is 5.48. The smallest absolute Gasteiger partial charge is 0.397 e. The Hall–Kier alpha value is -3.26. The maximum atomic E-state index is 15.3. The number of aliphatic hydroxyl groups excluding tert-OH is 1. The molecule has 1 fully saturated rings. The van der Waals surface area contributed by atoms with Gasteiger partial charge >= 0.3 is 19.8 Å². The van der Waals surface area contributed by atoms with E-state index in [0.717, 1.165) is 23.8 Å². The summed E-state index contributed by atoms with van der Waals surface area (Å²) in [5, 5.41) is 10.5. The van der Waals surface area contributed by atoms with Gasteiger partial charge in [0.15, 0.2) is 23.8 Å². The van der Waals surface area contributed by atoms with Crippen LogP contribution in [0.15, 0.2) is 50.9 Å². The Labute approximate surface area is 214 Å². The second kappa shape index (κ2) is 12.5. The molecule has 1 aliphatic heterocycles. The SMILES string of the molecule is CCC(=O)O[C@@H](CF)C(F)N=[P+]([O-])Oc1ccccc1OC[C@H]1O[C@@H](n2ccc(=O)[nH]c2=O)[C@](C)(F)[C@@H]1O. The molecule has 1 aromatic heterocycles. The van der Waals surface area contributed by atoms with Crippen molar-refractivity contribution in [1.29, 1.82) is 0 Å². The Morgan fingerprint density at radius 1 is 1.34 bits per heavy atom. The van der Waals surface area contributed by atoms with Gasteiger partial charge in [0.2, 0.25) is 5.75 Å². The number of alkyl halides is 3. The summed E-state index contributed by atoms with van der Waals surface area (Å²) in [6.07, 6.45) is -8.12. The Morgan fingerprint density at radius 2 is 2.03 bits per heavy atom. The van der Waals surface area contributed by atoms with E-state index in [-0.39, 0.29) is 17.9 Å². The number of aromatic amines is 1. The van der Waals surface area contributed by atoms with Crippen molar-refractivity contribution in [3.63, 3.8) is 0 Å². The van der Waals surface area contributed by atoms with E-state index in [1.165, 1.54) is 31.2 Å². The van der Waals surface area contributed by atoms with Gasteiger partial charge in [-0.15, -0.1) is 0 Å². The molecule has 0 spiro atoms. The summed E-state index contributed by atoms with van der Waals surface area (Å²) < 4.78 is 67.3. The molecule has 0 amide bonds. The lowest BCUT2D eigenvalue weighted by Crippen LogP contribution is -2.43. The van der Waals surface area contributed by atoms with Crippen molar-refractivity contribution in [2.24, 2.45) is 4.74 Å². The summed E-state index contributed by atoms with van der Waals surface area (Å²) in [5.41, 5.74) is -4.11. The minimum absolute atomic E-state index is 0.0677. The van der Waals surface area contributed by atoms with E-state index >= 15 is 4.39 Å². The van der Waals surface area contributed by atoms with E-state index < -0.39 is 75.2 Å². The summed E-state index contributed by atoms with van der Waals surface area (Å²) in [6.45, 7) is 0.573. The van der Waals surface area contributed by atoms with Gasteiger partial charge in [-0.3, -0.25) is 23.7 Å². The third kappa shape index (κ3) is 6.78. The number of halogens is 3. The molecule has 0 radical (unpaired) electrons. The molecule has 3 rings (SSSR count). The number of aromatic nitrogens is 2. The number of H-pyrrole nitrogens is 1. The van der Waals surface area contributed by atoms with Crippen molar-refractivity contribution in [2.75, 3.05) is 13.3 Å². The van der Waals surface area contributed by atoms with Crippen molar-refractivity contribution >= 4 is 14.1 Å². The number of nitrogens with zero attached hydrogens (tertiary/aromatic N) is 2. The third-order valence-corrected chi connectivity index (χ3v) is 6.25. The first-order chi connectivity index (χ1) is 18.0. The molecule has 12 nitrogen and oxygen atoms in total. The summed E-state index contributed by atoms with van der Waals surface area (Å²) in [4.78, 5) is 48.9. The highest BCUT2D eigenvalue weighted by Crippen LogP contribution is 2.41. The number of carbonyl (C=O) groups excluding carboxylic acids is 1. The van der Waals surface area contributed by atoms with Crippen LogP contribution in [-0.2, 0) is 14.3 Å². The second-order valence-electron chi connectivity index (χ2n) is 8.25. The van der Waals surface area contributed by atoms with E-state index in [9.17, 15) is 33.2 Å². The zero-order valence-electron chi connectivity index (χ0n) is 20.2. The average molecular weight is 563 g/mol. The first-order valence-corrected chi connectivity index (χ1v) is 12.4. The van der Waals surface area contributed by atoms with Gasteiger partial charge in [-0.1, -0.05) is 19.1 Å². The molecule has 38 heavy (non-hydrogen) atoms. The molecule has 0 aliphatic carbocycles. The fourth-order valence-corrected chi connectivity index (χ4v) is 4.16. The fourth-order valence-electron chi connectivity index (χ4n) is 3.46. The highest BCUT2D eigenvalue weighted by atomic mass is 31.1. The minimum atomic E-state index is -3.11. The zero-order valence-corrected chi connectivity index (χ0v) is 21.1. The molecule has 2 heterocycles. The highest BCUT2D eigenvalue weighted by Gasteiger charge is 2.55. The molecule has 0 bridgehead atoms. The minimum Gasteiger partial charge on any atom is -0.575 e. The van der Waals surface area contributed by atoms with Gasteiger partial charge in [0.05, 0.1) is 0 Å². The largest absolute Gasteiger partial charge is 0.575 e. The number of ether oxygens (including phenoxy) is 3. The average Bonchev–Trinajstić information content (AvgIpc) is 3.09. The van der Waals surface area contributed by atoms with Gasteiger partial charge in [0, 0.05) is 18.7 Å². The number of rotatable bonds is 11. The van der Waals surface area contributed by atoms with Gasteiger partial charge in [0.25, 0.3) is 11.9 Å². The first-order valence-electron chi connectivity index (χ1n) is 11.3. The fraction of sp³-hybridized carbons (Fsp3) is 0.500. The number of hydrogen-bond donors (Lipinski definition) is 2. The number of carbonyl (C=O) groups is 1. The Morgan fingerprint density at radius 3 is 2.66 bits per heavy atom. The van der Waals surface area contributed by atoms with E-state index in [1.807, 2.05) is 4.98 Å². The van der Waals surface area contributed by atoms with Crippen LogP contribution in [0, 0.1) is 0 Å². The van der Waals surface area contributed by atoms with Gasteiger partial charge < -0.3 is 24.2 Å². The second-order valence-corrected chi connectivity index (χ2v) is 9.14. The molecule has 2 N–H and O–H groups in total. The molecule has 1 aliphatic rings. The lowest BCUT2D eigenvalue weighted by Gasteiger charge is -2.24. The van der Waals surface area contributed by atoms with Gasteiger partial charge in [-0.25, -0.2) is 18.0 Å². The Bertz CT molecular complexity index is 1270. The lowest BCUT2D eigenvalue weighted by atomic mass is 9.98. The van der Waals surface area contributed by atoms with Crippen molar-refractivity contribution in [1.82, 2.24) is 9.55 Å². The first kappa shape index (κ1) is 29.3. The molecule has 16 heteroatoms. The number of nitrogens with one attached hydrogen (secondary N) is 1. The van der Waals surface area contributed by atoms with Gasteiger partial charge in [0.1, 0.15) is 25.5 Å². The van der Waals surface area contributed by atoms with Crippen LogP contribution in [0.2, 0.25) is 0 Å². The lowest BCUT2D eigenvalue weighted by molar-refractivity contribution is -0.170. The van der Waals surface area contributed by atoms with Crippen molar-refractivity contribution in [3.05, 3.63) is 57.4 Å². The quantitative estimate of drug-likeness (QED) is 0.234. The number of hydrogen-bond acceptors (Lipinski definition) is 10. The van der Waals surface area contributed by atoms with E-state index in [4.69, 9.17) is 14.0 Å². The van der Waals surface area contributed by atoms with Crippen molar-refractivity contribution in [2.45, 2.75) is 56.8 Å². The Balaban J connectivity index is 1.70. The molecule has 208 valence electrons.